The minimum atomic E-state index is -0.831. The second-order valence-electron chi connectivity index (χ2n) is 6.83. The van der Waals surface area contributed by atoms with Crippen LogP contribution in [0.25, 0.3) is 5.76 Å². The van der Waals surface area contributed by atoms with E-state index in [4.69, 9.17) is 9.26 Å². The maximum Gasteiger partial charge on any atom is 0.301 e. The molecule has 1 N–H and O–H groups in total. The Labute approximate surface area is 173 Å². The maximum absolute atomic E-state index is 13.0. The van der Waals surface area contributed by atoms with Crippen molar-refractivity contribution in [1.29, 1.82) is 0 Å². The van der Waals surface area contributed by atoms with Crippen LogP contribution in [0.5, 0.6) is 5.75 Å². The Morgan fingerprint density at radius 2 is 1.83 bits per heavy atom. The Bertz CT molecular complexity index is 1120. The SMILES string of the molecule is CCOc1ccc(C(O)=C2C(=O)C(=O)N(c3cc(C)on3)[C@@H]2c2ccccc2)cc1. The highest BCUT2D eigenvalue weighted by molar-refractivity contribution is 6.51. The monoisotopic (exact) mass is 404 g/mol. The summed E-state index contributed by atoms with van der Waals surface area (Å²) in [5.74, 6) is -0.444. The first-order valence-electron chi connectivity index (χ1n) is 9.53. The van der Waals surface area contributed by atoms with Crippen LogP contribution in [-0.4, -0.2) is 28.6 Å². The number of aromatic nitrogens is 1. The lowest BCUT2D eigenvalue weighted by atomic mass is 9.95. The number of nitrogens with zero attached hydrogens (tertiary/aromatic N) is 2. The second-order valence-corrected chi connectivity index (χ2v) is 6.83. The van der Waals surface area contributed by atoms with Crippen LogP contribution in [0.3, 0.4) is 0 Å². The third kappa shape index (κ3) is 3.34. The van der Waals surface area contributed by atoms with Crippen LogP contribution >= 0.6 is 0 Å². The zero-order valence-electron chi connectivity index (χ0n) is 16.5. The average Bonchev–Trinajstić information content (AvgIpc) is 3.30. The van der Waals surface area contributed by atoms with E-state index in [1.165, 1.54) is 4.90 Å². The minimum Gasteiger partial charge on any atom is -0.507 e. The molecule has 0 aliphatic carbocycles. The molecular weight excluding hydrogens is 384 g/mol. The normalized spacial score (nSPS) is 18.1. The molecule has 1 amide bonds. The molecule has 0 bridgehead atoms. The third-order valence-electron chi connectivity index (χ3n) is 4.86. The average molecular weight is 404 g/mol. The number of carbonyl (C=O) groups is 2. The summed E-state index contributed by atoms with van der Waals surface area (Å²) in [5.41, 5.74) is 1.08. The molecule has 3 aromatic rings. The van der Waals surface area contributed by atoms with E-state index in [0.717, 1.165) is 0 Å². The van der Waals surface area contributed by atoms with Gasteiger partial charge in [0, 0.05) is 11.6 Å². The molecule has 30 heavy (non-hydrogen) atoms. The number of carbonyl (C=O) groups excluding carboxylic acids is 2. The van der Waals surface area contributed by atoms with Gasteiger partial charge < -0.3 is 14.4 Å². The van der Waals surface area contributed by atoms with E-state index >= 15 is 0 Å². The van der Waals surface area contributed by atoms with Crippen molar-refractivity contribution in [2.24, 2.45) is 0 Å². The second kappa shape index (κ2) is 7.87. The molecular formula is C23H20N2O5. The molecule has 1 atom stereocenters. The van der Waals surface area contributed by atoms with Gasteiger partial charge in [-0.2, -0.15) is 0 Å². The van der Waals surface area contributed by atoms with Crippen molar-refractivity contribution < 1.29 is 24.0 Å². The number of amides is 1. The van der Waals surface area contributed by atoms with Gasteiger partial charge in [0.1, 0.15) is 17.3 Å². The summed E-state index contributed by atoms with van der Waals surface area (Å²) in [6.07, 6.45) is 0. The molecule has 2 aromatic carbocycles. The van der Waals surface area contributed by atoms with Gasteiger partial charge in [-0.25, -0.2) is 0 Å². The summed E-state index contributed by atoms with van der Waals surface area (Å²) in [7, 11) is 0. The number of anilines is 1. The van der Waals surface area contributed by atoms with E-state index < -0.39 is 17.7 Å². The van der Waals surface area contributed by atoms with Gasteiger partial charge in [0.2, 0.25) is 0 Å². The third-order valence-corrected chi connectivity index (χ3v) is 4.86. The fraction of sp³-hybridized carbons (Fsp3) is 0.174. The number of benzene rings is 2. The molecule has 152 valence electrons. The van der Waals surface area contributed by atoms with E-state index in [0.29, 0.717) is 29.2 Å². The van der Waals surface area contributed by atoms with Crippen molar-refractivity contribution in [3.8, 4) is 5.75 Å². The zero-order valence-corrected chi connectivity index (χ0v) is 16.5. The number of rotatable bonds is 5. The molecule has 1 aliphatic rings. The van der Waals surface area contributed by atoms with Crippen LogP contribution in [0.15, 0.2) is 70.8 Å². The van der Waals surface area contributed by atoms with Gasteiger partial charge in [-0.15, -0.1) is 0 Å². The number of ketones is 1. The summed E-state index contributed by atoms with van der Waals surface area (Å²) < 4.78 is 10.5. The van der Waals surface area contributed by atoms with Crippen LogP contribution in [0.4, 0.5) is 5.82 Å². The van der Waals surface area contributed by atoms with Gasteiger partial charge in [0.05, 0.1) is 18.2 Å². The Balaban J connectivity index is 1.87. The zero-order chi connectivity index (χ0) is 21.3. The van der Waals surface area contributed by atoms with Crippen LogP contribution in [-0.2, 0) is 9.59 Å². The molecule has 4 rings (SSSR count). The molecule has 7 heteroatoms. The van der Waals surface area contributed by atoms with E-state index in [1.807, 2.05) is 13.0 Å². The number of hydrogen-bond acceptors (Lipinski definition) is 6. The fourth-order valence-electron chi connectivity index (χ4n) is 3.52. The molecule has 2 heterocycles. The van der Waals surface area contributed by atoms with Crippen molar-refractivity contribution in [2.45, 2.75) is 19.9 Å². The molecule has 1 fully saturated rings. The smallest absolute Gasteiger partial charge is 0.301 e. The number of hydrogen-bond donors (Lipinski definition) is 1. The molecule has 1 saturated heterocycles. The van der Waals surface area contributed by atoms with Crippen LogP contribution in [0.1, 0.15) is 29.9 Å². The predicted octanol–water partition coefficient (Wildman–Crippen LogP) is 4.01. The largest absolute Gasteiger partial charge is 0.507 e. The van der Waals surface area contributed by atoms with Crippen LogP contribution in [0.2, 0.25) is 0 Å². The molecule has 7 nitrogen and oxygen atoms in total. The highest BCUT2D eigenvalue weighted by Crippen LogP contribution is 2.41. The highest BCUT2D eigenvalue weighted by Gasteiger charge is 2.48. The number of aryl methyl sites for hydroxylation is 1. The van der Waals surface area contributed by atoms with Gasteiger partial charge >= 0.3 is 5.91 Å². The van der Waals surface area contributed by atoms with Crippen molar-refractivity contribution in [3.05, 3.63) is 83.1 Å². The topological polar surface area (TPSA) is 92.9 Å². The van der Waals surface area contributed by atoms with Gasteiger partial charge in [0.15, 0.2) is 5.82 Å². The van der Waals surface area contributed by atoms with Crippen LogP contribution < -0.4 is 9.64 Å². The fourth-order valence-corrected chi connectivity index (χ4v) is 3.52. The summed E-state index contributed by atoms with van der Waals surface area (Å²) in [5, 5.41) is 14.9. The molecule has 0 saturated carbocycles. The van der Waals surface area contributed by atoms with E-state index in [1.54, 1.807) is 61.5 Å². The summed E-state index contributed by atoms with van der Waals surface area (Å²) in [6, 6.07) is 16.5. The first-order chi connectivity index (χ1) is 14.5. The van der Waals surface area contributed by atoms with Crippen LogP contribution in [0, 0.1) is 6.92 Å². The maximum atomic E-state index is 13.0. The Morgan fingerprint density at radius 1 is 1.13 bits per heavy atom. The number of aliphatic hydroxyl groups excluding tert-OH is 1. The molecule has 0 radical (unpaired) electrons. The lowest BCUT2D eigenvalue weighted by molar-refractivity contribution is -0.132. The standard InChI is InChI=1S/C23H20N2O5/c1-3-29-17-11-9-16(10-12-17)21(26)19-20(15-7-5-4-6-8-15)25(23(28)22(19)27)18-13-14(2)30-24-18/h4-13,20,26H,3H2,1-2H3/t20-/m1/s1. The quantitative estimate of drug-likeness (QED) is 0.392. The molecule has 1 aliphatic heterocycles. The molecule has 0 spiro atoms. The first kappa shape index (κ1) is 19.4. The van der Waals surface area contributed by atoms with Gasteiger partial charge in [-0.05, 0) is 43.7 Å². The van der Waals surface area contributed by atoms with Crippen molar-refractivity contribution in [1.82, 2.24) is 5.16 Å². The molecule has 1 aromatic heterocycles. The predicted molar refractivity (Wildman–Crippen MR) is 110 cm³/mol. The van der Waals surface area contributed by atoms with Gasteiger partial charge in [-0.3, -0.25) is 14.5 Å². The lowest BCUT2D eigenvalue weighted by Gasteiger charge is -2.22. The number of ether oxygens (including phenoxy) is 1. The Hall–Kier alpha value is -3.87. The molecule has 0 unspecified atom stereocenters. The lowest BCUT2D eigenvalue weighted by Crippen LogP contribution is -2.29. The van der Waals surface area contributed by atoms with Gasteiger partial charge in [0.25, 0.3) is 5.78 Å². The summed E-state index contributed by atoms with van der Waals surface area (Å²) in [6.45, 7) is 4.09. The van der Waals surface area contributed by atoms with Crippen molar-refractivity contribution in [2.75, 3.05) is 11.5 Å². The summed E-state index contributed by atoms with van der Waals surface area (Å²) in [4.78, 5) is 27.1. The Morgan fingerprint density at radius 3 is 2.43 bits per heavy atom. The van der Waals surface area contributed by atoms with E-state index in [-0.39, 0.29) is 17.2 Å². The van der Waals surface area contributed by atoms with Gasteiger partial charge in [-0.1, -0.05) is 35.5 Å². The van der Waals surface area contributed by atoms with Crippen molar-refractivity contribution >= 4 is 23.3 Å². The van der Waals surface area contributed by atoms with E-state index in [2.05, 4.69) is 5.16 Å². The first-order valence-corrected chi connectivity index (χ1v) is 9.53. The summed E-state index contributed by atoms with van der Waals surface area (Å²) >= 11 is 0. The number of aliphatic hydroxyl groups is 1. The Kier molecular flexibility index (Phi) is 5.10. The van der Waals surface area contributed by atoms with E-state index in [9.17, 15) is 14.7 Å². The highest BCUT2D eigenvalue weighted by atomic mass is 16.5. The van der Waals surface area contributed by atoms with Crippen molar-refractivity contribution in [3.63, 3.8) is 0 Å². The number of Topliss-reactive ketones (excluding diaryl/α,β-unsaturated/α-hetero) is 1. The minimum absolute atomic E-state index is 0.00369.